The fraction of sp³-hybridized carbons (Fsp3) is 0.533. The molecule has 0 saturated carbocycles. The fourth-order valence-corrected chi connectivity index (χ4v) is 2.30. The molecule has 0 unspecified atom stereocenters. The van der Waals surface area contributed by atoms with Crippen molar-refractivity contribution in [1.29, 1.82) is 0 Å². The maximum atomic E-state index is 12.2. The minimum absolute atomic E-state index is 0.252. The molecule has 18 heavy (non-hydrogen) atoms. The molecule has 3 nitrogen and oxygen atoms in total. The summed E-state index contributed by atoms with van der Waals surface area (Å²) in [6.07, 6.45) is 1.58. The summed E-state index contributed by atoms with van der Waals surface area (Å²) in [5.74, 6) is 0.252. The lowest BCUT2D eigenvalue weighted by Gasteiger charge is -2.20. The van der Waals surface area contributed by atoms with Crippen molar-refractivity contribution < 1.29 is 4.79 Å². The van der Waals surface area contributed by atoms with E-state index in [9.17, 15) is 4.79 Å². The second-order valence-electron chi connectivity index (χ2n) is 5.08. The Kier molecular flexibility index (Phi) is 4.37. The van der Waals surface area contributed by atoms with E-state index in [0.717, 1.165) is 38.2 Å². The van der Waals surface area contributed by atoms with E-state index in [0.29, 0.717) is 6.42 Å². The number of amides is 1. The highest BCUT2D eigenvalue weighted by Crippen LogP contribution is 2.11. The smallest absolute Gasteiger partial charge is 0.227 e. The van der Waals surface area contributed by atoms with Crippen LogP contribution in [0, 0.1) is 13.8 Å². The Morgan fingerprint density at radius 3 is 2.83 bits per heavy atom. The van der Waals surface area contributed by atoms with Gasteiger partial charge >= 0.3 is 0 Å². The van der Waals surface area contributed by atoms with Crippen molar-refractivity contribution >= 4 is 5.91 Å². The predicted molar refractivity (Wildman–Crippen MR) is 73.7 cm³/mol. The lowest BCUT2D eigenvalue weighted by Crippen LogP contribution is -2.35. The fourth-order valence-electron chi connectivity index (χ4n) is 2.30. The van der Waals surface area contributed by atoms with E-state index in [1.54, 1.807) is 0 Å². The molecule has 0 aliphatic carbocycles. The molecule has 0 spiro atoms. The second kappa shape index (κ2) is 6.01. The largest absolute Gasteiger partial charge is 0.341 e. The Morgan fingerprint density at radius 1 is 1.22 bits per heavy atom. The molecule has 1 fully saturated rings. The molecule has 1 heterocycles. The highest BCUT2D eigenvalue weighted by molar-refractivity contribution is 5.78. The third kappa shape index (κ3) is 3.33. The van der Waals surface area contributed by atoms with E-state index in [4.69, 9.17) is 0 Å². The van der Waals surface area contributed by atoms with Crippen LogP contribution in [0.15, 0.2) is 18.2 Å². The van der Waals surface area contributed by atoms with E-state index in [1.807, 2.05) is 4.90 Å². The monoisotopic (exact) mass is 246 g/mol. The first-order valence-corrected chi connectivity index (χ1v) is 6.71. The van der Waals surface area contributed by atoms with E-state index >= 15 is 0 Å². The van der Waals surface area contributed by atoms with Gasteiger partial charge in [0.15, 0.2) is 0 Å². The van der Waals surface area contributed by atoms with E-state index in [2.05, 4.69) is 37.4 Å². The van der Waals surface area contributed by atoms with Crippen molar-refractivity contribution in [2.45, 2.75) is 26.7 Å². The molecule has 1 aromatic rings. The number of aryl methyl sites for hydroxylation is 2. The molecule has 2 rings (SSSR count). The van der Waals surface area contributed by atoms with E-state index in [-0.39, 0.29) is 5.91 Å². The zero-order chi connectivity index (χ0) is 13.0. The summed E-state index contributed by atoms with van der Waals surface area (Å²) in [4.78, 5) is 14.2. The zero-order valence-corrected chi connectivity index (χ0v) is 11.3. The lowest BCUT2D eigenvalue weighted by molar-refractivity contribution is -0.130. The van der Waals surface area contributed by atoms with Crippen LogP contribution in [-0.2, 0) is 11.2 Å². The summed E-state index contributed by atoms with van der Waals surface area (Å²) >= 11 is 0. The van der Waals surface area contributed by atoms with E-state index in [1.165, 1.54) is 11.1 Å². The van der Waals surface area contributed by atoms with Crippen molar-refractivity contribution in [3.05, 3.63) is 34.9 Å². The van der Waals surface area contributed by atoms with Gasteiger partial charge in [0.2, 0.25) is 5.91 Å². The van der Waals surface area contributed by atoms with Crippen LogP contribution < -0.4 is 5.32 Å². The van der Waals surface area contributed by atoms with Crippen molar-refractivity contribution in [3.63, 3.8) is 0 Å². The summed E-state index contributed by atoms with van der Waals surface area (Å²) in [5.41, 5.74) is 3.67. The summed E-state index contributed by atoms with van der Waals surface area (Å²) in [6.45, 7) is 7.85. The Hall–Kier alpha value is -1.35. The molecule has 0 radical (unpaired) electrons. The number of hydrogen-bond donors (Lipinski definition) is 1. The normalized spacial score (nSPS) is 16.4. The van der Waals surface area contributed by atoms with Gasteiger partial charge in [0, 0.05) is 19.6 Å². The van der Waals surface area contributed by atoms with Gasteiger partial charge in [-0.3, -0.25) is 4.79 Å². The molecular formula is C15H22N2O. The van der Waals surface area contributed by atoms with Crippen LogP contribution in [0.4, 0.5) is 0 Å². The predicted octanol–water partition coefficient (Wildman–Crippen LogP) is 1.67. The molecule has 1 aliphatic heterocycles. The zero-order valence-electron chi connectivity index (χ0n) is 11.3. The molecule has 1 N–H and O–H groups in total. The van der Waals surface area contributed by atoms with E-state index < -0.39 is 0 Å². The minimum Gasteiger partial charge on any atom is -0.341 e. The first kappa shape index (κ1) is 13.1. The Balaban J connectivity index is 1.99. The van der Waals surface area contributed by atoms with Gasteiger partial charge in [-0.1, -0.05) is 18.2 Å². The average Bonchev–Trinajstić information content (AvgIpc) is 2.62. The summed E-state index contributed by atoms with van der Waals surface area (Å²) < 4.78 is 0. The maximum absolute atomic E-state index is 12.2. The van der Waals surface area contributed by atoms with Crippen LogP contribution in [0.25, 0.3) is 0 Å². The van der Waals surface area contributed by atoms with Gasteiger partial charge in [-0.2, -0.15) is 0 Å². The SMILES string of the molecule is Cc1ccc(CC(=O)N2CCCNCC2)cc1C. The number of carbonyl (C=O) groups is 1. The topological polar surface area (TPSA) is 32.3 Å². The molecule has 0 aromatic heterocycles. The van der Waals surface area contributed by atoms with Crippen LogP contribution in [0.3, 0.4) is 0 Å². The standard InChI is InChI=1S/C15H22N2O/c1-12-4-5-14(10-13(12)2)11-15(18)17-8-3-6-16-7-9-17/h4-5,10,16H,3,6-9,11H2,1-2H3. The van der Waals surface area contributed by atoms with Gasteiger partial charge in [0.05, 0.1) is 6.42 Å². The molecule has 1 aromatic carbocycles. The lowest BCUT2D eigenvalue weighted by atomic mass is 10.0. The van der Waals surface area contributed by atoms with Crippen LogP contribution in [0.5, 0.6) is 0 Å². The van der Waals surface area contributed by atoms with Gasteiger partial charge in [0.25, 0.3) is 0 Å². The Bertz CT molecular complexity index is 421. The first-order valence-electron chi connectivity index (χ1n) is 6.71. The van der Waals surface area contributed by atoms with Gasteiger partial charge in [-0.05, 0) is 43.5 Å². The average molecular weight is 246 g/mol. The van der Waals surface area contributed by atoms with Crippen molar-refractivity contribution in [1.82, 2.24) is 10.2 Å². The quantitative estimate of drug-likeness (QED) is 0.861. The van der Waals surface area contributed by atoms with Crippen molar-refractivity contribution in [2.75, 3.05) is 26.2 Å². The number of nitrogens with zero attached hydrogens (tertiary/aromatic N) is 1. The Labute approximate surface area is 109 Å². The summed E-state index contributed by atoms with van der Waals surface area (Å²) in [5, 5.41) is 3.32. The van der Waals surface area contributed by atoms with Crippen LogP contribution in [0.1, 0.15) is 23.1 Å². The maximum Gasteiger partial charge on any atom is 0.227 e. The number of hydrogen-bond acceptors (Lipinski definition) is 2. The number of benzene rings is 1. The molecule has 0 bridgehead atoms. The summed E-state index contributed by atoms with van der Waals surface area (Å²) in [6, 6.07) is 6.29. The number of rotatable bonds is 2. The Morgan fingerprint density at radius 2 is 2.06 bits per heavy atom. The van der Waals surface area contributed by atoms with Crippen LogP contribution >= 0.6 is 0 Å². The van der Waals surface area contributed by atoms with Gasteiger partial charge in [0.1, 0.15) is 0 Å². The van der Waals surface area contributed by atoms with Crippen molar-refractivity contribution in [3.8, 4) is 0 Å². The van der Waals surface area contributed by atoms with Crippen molar-refractivity contribution in [2.24, 2.45) is 0 Å². The minimum atomic E-state index is 0.252. The number of carbonyl (C=O) groups excluding carboxylic acids is 1. The highest BCUT2D eigenvalue weighted by Gasteiger charge is 2.15. The third-order valence-electron chi connectivity index (χ3n) is 3.62. The van der Waals surface area contributed by atoms with Gasteiger partial charge < -0.3 is 10.2 Å². The highest BCUT2D eigenvalue weighted by atomic mass is 16.2. The molecule has 98 valence electrons. The molecule has 3 heteroatoms. The van der Waals surface area contributed by atoms with Crippen LogP contribution in [0.2, 0.25) is 0 Å². The first-order chi connectivity index (χ1) is 8.66. The molecule has 1 amide bonds. The molecule has 0 atom stereocenters. The third-order valence-corrected chi connectivity index (χ3v) is 3.62. The van der Waals surface area contributed by atoms with Gasteiger partial charge in [-0.25, -0.2) is 0 Å². The molecular weight excluding hydrogens is 224 g/mol. The van der Waals surface area contributed by atoms with Gasteiger partial charge in [-0.15, -0.1) is 0 Å². The van der Waals surface area contributed by atoms with Crippen LogP contribution in [-0.4, -0.2) is 37.0 Å². The molecule has 1 saturated heterocycles. The second-order valence-corrected chi connectivity index (χ2v) is 5.08. The molecule has 1 aliphatic rings. The summed E-state index contributed by atoms with van der Waals surface area (Å²) in [7, 11) is 0. The number of nitrogens with one attached hydrogen (secondary N) is 1.